The van der Waals surface area contributed by atoms with Crippen LogP contribution in [0.2, 0.25) is 0 Å². The van der Waals surface area contributed by atoms with Crippen LogP contribution in [0.25, 0.3) is 0 Å². The van der Waals surface area contributed by atoms with Crippen molar-refractivity contribution in [2.45, 2.75) is 110 Å². The predicted molar refractivity (Wildman–Crippen MR) is 108 cm³/mol. The third kappa shape index (κ3) is 13.5. The highest BCUT2D eigenvalue weighted by Crippen LogP contribution is 2.14. The molecule has 0 unspecified atom stereocenters. The van der Waals surface area contributed by atoms with Crippen molar-refractivity contribution in [2.75, 3.05) is 0 Å². The van der Waals surface area contributed by atoms with Gasteiger partial charge < -0.3 is 0 Å². The van der Waals surface area contributed by atoms with Gasteiger partial charge in [0.1, 0.15) is 0 Å². The molecule has 1 aliphatic heterocycles. The molecule has 0 saturated heterocycles. The molecule has 0 amide bonds. The molecule has 0 bridgehead atoms. The van der Waals surface area contributed by atoms with E-state index in [2.05, 4.69) is 30.5 Å². The number of allylic oxidation sites excluding steroid dienone is 4. The van der Waals surface area contributed by atoms with Crippen molar-refractivity contribution in [1.29, 1.82) is 0 Å². The summed E-state index contributed by atoms with van der Waals surface area (Å²) in [5.74, 6) is 0. The molecule has 1 heteroatoms. The molecule has 0 spiro atoms. The topological polar surface area (TPSA) is 14.1 Å². The summed E-state index contributed by atoms with van der Waals surface area (Å²) in [6.45, 7) is 2.29. The van der Waals surface area contributed by atoms with E-state index in [4.69, 9.17) is 0 Å². The first-order valence-electron chi connectivity index (χ1n) is 10.7. The molecule has 0 aromatic heterocycles. The zero-order valence-electron chi connectivity index (χ0n) is 16.1. The Kier molecular flexibility index (Phi) is 14.8. The van der Waals surface area contributed by atoms with Crippen molar-refractivity contribution in [3.63, 3.8) is 0 Å². The fourth-order valence-corrected chi connectivity index (χ4v) is 3.25. The summed E-state index contributed by atoms with van der Waals surface area (Å²) in [4.78, 5) is 0. The van der Waals surface area contributed by atoms with E-state index in [9.17, 15) is 0 Å². The van der Waals surface area contributed by atoms with Crippen LogP contribution in [0.15, 0.2) is 36.2 Å². The zero-order valence-corrected chi connectivity index (χ0v) is 16.1. The second-order valence-corrected chi connectivity index (χ2v) is 7.20. The molecular weight excluding hydrogens is 290 g/mol. The van der Waals surface area contributed by atoms with Crippen LogP contribution >= 0.6 is 0 Å². The first kappa shape index (κ1) is 21.1. The first-order valence-corrected chi connectivity index (χ1v) is 10.7. The molecule has 0 aliphatic carbocycles. The number of unbranched alkanes of at least 4 members (excludes halogenated alkanes) is 15. The minimum atomic E-state index is 1.09. The summed E-state index contributed by atoms with van der Waals surface area (Å²) < 4.78 is 0. The zero-order chi connectivity index (χ0) is 17.1. The Morgan fingerprint density at radius 1 is 0.708 bits per heavy atom. The number of hydrogen-bond acceptors (Lipinski definition) is 0. The molecule has 24 heavy (non-hydrogen) atoms. The largest absolute Gasteiger partial charge is 0.257 e. The van der Waals surface area contributed by atoms with Crippen LogP contribution in [-0.4, -0.2) is 0 Å². The van der Waals surface area contributed by atoms with Gasteiger partial charge in [-0.3, -0.25) is 5.32 Å². The molecular formula is C23H40N. The Morgan fingerprint density at radius 2 is 1.21 bits per heavy atom. The Hall–Kier alpha value is -0.980. The molecule has 1 nitrogen and oxygen atoms in total. The lowest BCUT2D eigenvalue weighted by Crippen LogP contribution is -1.86. The molecule has 0 aromatic carbocycles. The fourth-order valence-electron chi connectivity index (χ4n) is 3.25. The van der Waals surface area contributed by atoms with E-state index >= 15 is 0 Å². The van der Waals surface area contributed by atoms with E-state index in [1.165, 1.54) is 103 Å². The molecule has 1 aliphatic rings. The maximum absolute atomic E-state index is 4.24. The summed E-state index contributed by atoms with van der Waals surface area (Å²) in [7, 11) is 0. The third-order valence-electron chi connectivity index (χ3n) is 4.84. The average molecular weight is 331 g/mol. The van der Waals surface area contributed by atoms with Gasteiger partial charge in [0.15, 0.2) is 0 Å². The molecule has 0 aromatic rings. The quantitative estimate of drug-likeness (QED) is 0.241. The van der Waals surface area contributed by atoms with Crippen molar-refractivity contribution in [2.24, 2.45) is 0 Å². The van der Waals surface area contributed by atoms with E-state index in [-0.39, 0.29) is 0 Å². The average Bonchev–Trinajstić information content (AvgIpc) is 3.11. The van der Waals surface area contributed by atoms with Crippen molar-refractivity contribution < 1.29 is 0 Å². The monoisotopic (exact) mass is 330 g/mol. The van der Waals surface area contributed by atoms with Crippen LogP contribution < -0.4 is 5.32 Å². The number of rotatable bonds is 17. The van der Waals surface area contributed by atoms with Crippen LogP contribution in [0.4, 0.5) is 0 Å². The van der Waals surface area contributed by atoms with E-state index < -0.39 is 0 Å². The van der Waals surface area contributed by atoms with E-state index in [1.54, 1.807) is 0 Å². The van der Waals surface area contributed by atoms with Crippen molar-refractivity contribution in [3.05, 3.63) is 36.2 Å². The van der Waals surface area contributed by atoms with Gasteiger partial charge in [-0.1, -0.05) is 103 Å². The fraction of sp³-hybridized carbons (Fsp3) is 0.739. The van der Waals surface area contributed by atoms with E-state index in [1.807, 2.05) is 12.3 Å². The lowest BCUT2D eigenvalue weighted by atomic mass is 10.0. The normalized spacial score (nSPS) is 13.6. The SMILES string of the molecule is CCCCCCCCCCCCCCCCCC=CC1=CC=C[N]1. The minimum absolute atomic E-state index is 1.09. The van der Waals surface area contributed by atoms with Gasteiger partial charge in [-0.25, -0.2) is 0 Å². The number of hydrogen-bond donors (Lipinski definition) is 0. The maximum Gasteiger partial charge on any atom is 0.0626 e. The molecule has 1 rings (SSSR count). The molecule has 0 fully saturated rings. The Morgan fingerprint density at radius 3 is 1.67 bits per heavy atom. The van der Waals surface area contributed by atoms with Crippen LogP contribution in [-0.2, 0) is 0 Å². The maximum atomic E-state index is 4.24. The van der Waals surface area contributed by atoms with Crippen molar-refractivity contribution in [3.8, 4) is 0 Å². The Bertz CT molecular complexity index is 351. The highest BCUT2D eigenvalue weighted by atomic mass is 14.9. The van der Waals surface area contributed by atoms with Gasteiger partial charge in [0, 0.05) is 6.20 Å². The molecule has 0 N–H and O–H groups in total. The van der Waals surface area contributed by atoms with Gasteiger partial charge in [-0.15, -0.1) is 0 Å². The van der Waals surface area contributed by atoms with Crippen LogP contribution in [0.5, 0.6) is 0 Å². The summed E-state index contributed by atoms with van der Waals surface area (Å²) in [5, 5.41) is 4.24. The second-order valence-electron chi connectivity index (χ2n) is 7.20. The lowest BCUT2D eigenvalue weighted by molar-refractivity contribution is 0.533. The number of nitrogens with zero attached hydrogens (tertiary/aromatic N) is 1. The summed E-state index contributed by atoms with van der Waals surface area (Å²) in [6.07, 6.45) is 33.0. The summed E-state index contributed by atoms with van der Waals surface area (Å²) >= 11 is 0. The van der Waals surface area contributed by atoms with Gasteiger partial charge in [0.2, 0.25) is 0 Å². The lowest BCUT2D eigenvalue weighted by Gasteiger charge is -2.03. The van der Waals surface area contributed by atoms with Gasteiger partial charge in [0.05, 0.1) is 5.70 Å². The van der Waals surface area contributed by atoms with E-state index in [0.717, 1.165) is 5.70 Å². The first-order chi connectivity index (χ1) is 11.9. The highest BCUT2D eigenvalue weighted by molar-refractivity contribution is 5.28. The van der Waals surface area contributed by atoms with E-state index in [0.29, 0.717) is 0 Å². The summed E-state index contributed by atoms with van der Waals surface area (Å²) in [5.41, 5.74) is 1.09. The Labute approximate surface area is 151 Å². The minimum Gasteiger partial charge on any atom is -0.257 e. The smallest absolute Gasteiger partial charge is 0.0626 e. The van der Waals surface area contributed by atoms with Gasteiger partial charge in [-0.2, -0.15) is 0 Å². The standard InChI is InChI=1S/C23H40N/c1-2-3-4-5-6-7-8-9-10-11-12-13-14-15-16-17-18-20-23-21-19-22-24-23/h18-22H,2-17H2,1H3. The van der Waals surface area contributed by atoms with Crippen molar-refractivity contribution in [1.82, 2.24) is 5.32 Å². The van der Waals surface area contributed by atoms with Crippen LogP contribution in [0.1, 0.15) is 110 Å². The second kappa shape index (κ2) is 16.9. The van der Waals surface area contributed by atoms with Crippen molar-refractivity contribution >= 4 is 0 Å². The molecule has 0 atom stereocenters. The van der Waals surface area contributed by atoms with Gasteiger partial charge in [0.25, 0.3) is 0 Å². The third-order valence-corrected chi connectivity index (χ3v) is 4.84. The molecule has 1 radical (unpaired) electrons. The molecule has 137 valence electrons. The highest BCUT2D eigenvalue weighted by Gasteiger charge is 1.95. The Balaban J connectivity index is 1.69. The van der Waals surface area contributed by atoms with Crippen LogP contribution in [0, 0.1) is 0 Å². The van der Waals surface area contributed by atoms with Gasteiger partial charge in [-0.05, 0) is 31.1 Å². The molecule has 1 heterocycles. The predicted octanol–water partition coefficient (Wildman–Crippen LogP) is 7.82. The molecule has 0 saturated carbocycles. The van der Waals surface area contributed by atoms with Gasteiger partial charge >= 0.3 is 0 Å². The summed E-state index contributed by atoms with van der Waals surface area (Å²) in [6, 6.07) is 0. The van der Waals surface area contributed by atoms with Crippen LogP contribution in [0.3, 0.4) is 0 Å².